The molecule has 3 aromatic heterocycles. The van der Waals surface area contributed by atoms with Gasteiger partial charge < -0.3 is 5.73 Å². The molecular weight excluding hydrogens is 324 g/mol. The molecule has 8 heteroatoms. The van der Waals surface area contributed by atoms with Gasteiger partial charge in [-0.15, -0.1) is 16.4 Å². The Morgan fingerprint density at radius 3 is 2.96 bits per heavy atom. The van der Waals surface area contributed by atoms with Crippen LogP contribution in [0.25, 0.3) is 16.5 Å². The first-order chi connectivity index (χ1) is 11.6. The first kappa shape index (κ1) is 15.1. The average molecular weight is 342 g/mol. The third kappa shape index (κ3) is 2.52. The van der Waals surface area contributed by atoms with Gasteiger partial charge in [-0.05, 0) is 42.2 Å². The molecule has 0 saturated carbocycles. The second-order valence-corrected chi connectivity index (χ2v) is 6.87. The van der Waals surface area contributed by atoms with Crippen LogP contribution in [0.15, 0.2) is 17.6 Å². The Hall–Kier alpha value is -2.48. The lowest BCUT2D eigenvalue weighted by molar-refractivity contribution is -0.117. The van der Waals surface area contributed by atoms with Crippen molar-refractivity contribution in [3.8, 4) is 16.5 Å². The van der Waals surface area contributed by atoms with Crippen molar-refractivity contribution in [3.63, 3.8) is 0 Å². The van der Waals surface area contributed by atoms with Crippen LogP contribution in [0.3, 0.4) is 0 Å². The molecule has 2 N–H and O–H groups in total. The van der Waals surface area contributed by atoms with E-state index >= 15 is 0 Å². The summed E-state index contributed by atoms with van der Waals surface area (Å²) in [6.45, 7) is 0. The number of carbonyl (C=O) groups excluding carboxylic acids is 1. The van der Waals surface area contributed by atoms with Crippen LogP contribution in [-0.2, 0) is 31.1 Å². The molecule has 4 rings (SSSR count). The summed E-state index contributed by atoms with van der Waals surface area (Å²) >= 11 is 1.70. The number of aryl methyl sites for hydroxylation is 2. The number of hydrogen-bond donors (Lipinski definition) is 1. The van der Waals surface area contributed by atoms with Gasteiger partial charge in [-0.25, -0.2) is 4.98 Å². The summed E-state index contributed by atoms with van der Waals surface area (Å²) in [6, 6.07) is 1.88. The van der Waals surface area contributed by atoms with E-state index in [1.165, 1.54) is 24.0 Å². The molecule has 1 aliphatic rings. The molecule has 0 fully saturated rings. The monoisotopic (exact) mass is 342 g/mol. The highest BCUT2D eigenvalue weighted by atomic mass is 32.1. The molecule has 3 aromatic rings. The maximum absolute atomic E-state index is 11.3. The maximum atomic E-state index is 11.3. The van der Waals surface area contributed by atoms with E-state index in [-0.39, 0.29) is 6.42 Å². The van der Waals surface area contributed by atoms with Gasteiger partial charge in [-0.2, -0.15) is 9.78 Å². The van der Waals surface area contributed by atoms with Crippen LogP contribution in [0.4, 0.5) is 0 Å². The van der Waals surface area contributed by atoms with Gasteiger partial charge in [-0.1, -0.05) is 0 Å². The summed E-state index contributed by atoms with van der Waals surface area (Å²) in [7, 11) is 1.86. The Kier molecular flexibility index (Phi) is 3.68. The number of nitrogens with zero attached hydrogens (tertiary/aromatic N) is 5. The van der Waals surface area contributed by atoms with Gasteiger partial charge in [0.25, 0.3) is 0 Å². The van der Waals surface area contributed by atoms with Crippen LogP contribution in [-0.4, -0.2) is 30.5 Å². The van der Waals surface area contributed by atoms with Gasteiger partial charge in [0, 0.05) is 13.1 Å². The van der Waals surface area contributed by atoms with Crippen molar-refractivity contribution in [3.05, 3.63) is 34.6 Å². The van der Waals surface area contributed by atoms with Gasteiger partial charge in [0.2, 0.25) is 5.91 Å². The zero-order valence-corrected chi connectivity index (χ0v) is 14.2. The molecule has 0 aliphatic heterocycles. The zero-order chi connectivity index (χ0) is 16.7. The van der Waals surface area contributed by atoms with E-state index in [1.807, 2.05) is 13.1 Å². The van der Waals surface area contributed by atoms with E-state index in [4.69, 9.17) is 5.73 Å². The summed E-state index contributed by atoms with van der Waals surface area (Å²) in [5, 5.41) is 10.9. The standard InChI is InChI=1S/C16H18N6OS/c1-21-14(6-7-18-21)22-16(19-13(20-22)8-12(17)23)15-11-5-3-2-4-10(11)9-24-15/h6-7,9H,2-5,8H2,1H3,(H2,17,23). The van der Waals surface area contributed by atoms with Crippen LogP contribution < -0.4 is 5.73 Å². The van der Waals surface area contributed by atoms with Crippen LogP contribution in [0.1, 0.15) is 29.8 Å². The van der Waals surface area contributed by atoms with Gasteiger partial charge in [0.05, 0.1) is 17.5 Å². The smallest absolute Gasteiger partial charge is 0.225 e. The number of fused-ring (bicyclic) bond motifs is 1. The minimum Gasteiger partial charge on any atom is -0.369 e. The minimum atomic E-state index is -0.433. The zero-order valence-electron chi connectivity index (χ0n) is 13.4. The molecule has 0 unspecified atom stereocenters. The Labute approximate surface area is 143 Å². The number of rotatable bonds is 4. The molecule has 124 valence electrons. The van der Waals surface area contributed by atoms with Crippen molar-refractivity contribution in [2.24, 2.45) is 12.8 Å². The topological polar surface area (TPSA) is 91.6 Å². The second-order valence-electron chi connectivity index (χ2n) is 6.00. The van der Waals surface area contributed by atoms with Crippen molar-refractivity contribution in [2.75, 3.05) is 0 Å². The van der Waals surface area contributed by atoms with Crippen molar-refractivity contribution in [1.82, 2.24) is 24.5 Å². The van der Waals surface area contributed by atoms with Crippen LogP contribution in [0.2, 0.25) is 0 Å². The minimum absolute atomic E-state index is 0.0332. The lowest BCUT2D eigenvalue weighted by Crippen LogP contribution is -2.15. The number of aromatic nitrogens is 5. The van der Waals surface area contributed by atoms with E-state index in [2.05, 4.69) is 20.6 Å². The maximum Gasteiger partial charge on any atom is 0.225 e. The van der Waals surface area contributed by atoms with E-state index in [0.29, 0.717) is 5.82 Å². The van der Waals surface area contributed by atoms with Crippen LogP contribution in [0.5, 0.6) is 0 Å². The number of amides is 1. The van der Waals surface area contributed by atoms with Crippen molar-refractivity contribution >= 4 is 17.2 Å². The number of primary amides is 1. The fraction of sp³-hybridized carbons (Fsp3) is 0.375. The molecule has 1 amide bonds. The number of thiophene rings is 1. The fourth-order valence-electron chi connectivity index (χ4n) is 3.17. The molecule has 0 radical (unpaired) electrons. The lowest BCUT2D eigenvalue weighted by Gasteiger charge is -2.13. The third-order valence-corrected chi connectivity index (χ3v) is 5.37. The lowest BCUT2D eigenvalue weighted by atomic mass is 9.94. The summed E-state index contributed by atoms with van der Waals surface area (Å²) in [6.07, 6.45) is 6.39. The third-order valence-electron chi connectivity index (χ3n) is 4.30. The molecule has 1 aliphatic carbocycles. The van der Waals surface area contributed by atoms with Gasteiger partial charge in [0.1, 0.15) is 0 Å². The molecular formula is C16H18N6OS. The highest BCUT2D eigenvalue weighted by Crippen LogP contribution is 2.37. The van der Waals surface area contributed by atoms with Gasteiger partial charge in [-0.3, -0.25) is 9.48 Å². The van der Waals surface area contributed by atoms with Crippen molar-refractivity contribution in [1.29, 1.82) is 0 Å². The normalized spacial score (nSPS) is 13.9. The summed E-state index contributed by atoms with van der Waals surface area (Å²) in [4.78, 5) is 17.0. The van der Waals surface area contributed by atoms with Crippen molar-refractivity contribution < 1.29 is 4.79 Å². The molecule has 0 saturated heterocycles. The Morgan fingerprint density at radius 1 is 1.38 bits per heavy atom. The van der Waals surface area contributed by atoms with Gasteiger partial charge in [0.15, 0.2) is 17.5 Å². The molecule has 0 aromatic carbocycles. The SMILES string of the molecule is Cn1nccc1-n1nc(CC(N)=O)nc1-c1scc2c1CCCC2. The molecule has 3 heterocycles. The number of carbonyl (C=O) groups is 1. The Morgan fingerprint density at radius 2 is 2.21 bits per heavy atom. The van der Waals surface area contributed by atoms with E-state index in [1.54, 1.807) is 26.9 Å². The summed E-state index contributed by atoms with van der Waals surface area (Å²) < 4.78 is 3.51. The summed E-state index contributed by atoms with van der Waals surface area (Å²) in [5.41, 5.74) is 8.10. The van der Waals surface area contributed by atoms with Crippen molar-refractivity contribution in [2.45, 2.75) is 32.1 Å². The largest absolute Gasteiger partial charge is 0.369 e. The molecule has 0 bridgehead atoms. The van der Waals surface area contributed by atoms with E-state index in [9.17, 15) is 4.79 Å². The Balaban J connectivity index is 1.87. The predicted molar refractivity (Wildman–Crippen MR) is 91.0 cm³/mol. The fourth-order valence-corrected chi connectivity index (χ4v) is 4.31. The first-order valence-corrected chi connectivity index (χ1v) is 8.83. The second kappa shape index (κ2) is 5.86. The predicted octanol–water partition coefficient (Wildman–Crippen LogP) is 1.64. The van der Waals surface area contributed by atoms with E-state index in [0.717, 1.165) is 29.4 Å². The number of hydrogen-bond acceptors (Lipinski definition) is 5. The number of nitrogens with two attached hydrogens (primary N) is 1. The Bertz CT molecular complexity index is 906. The average Bonchev–Trinajstić information content (AvgIpc) is 3.24. The first-order valence-electron chi connectivity index (χ1n) is 7.95. The van der Waals surface area contributed by atoms with Crippen LogP contribution in [0, 0.1) is 0 Å². The van der Waals surface area contributed by atoms with E-state index < -0.39 is 5.91 Å². The summed E-state index contributed by atoms with van der Waals surface area (Å²) in [5.74, 6) is 1.59. The van der Waals surface area contributed by atoms with Gasteiger partial charge >= 0.3 is 0 Å². The molecule has 24 heavy (non-hydrogen) atoms. The quantitative estimate of drug-likeness (QED) is 0.780. The molecule has 7 nitrogen and oxygen atoms in total. The highest BCUT2D eigenvalue weighted by Gasteiger charge is 2.23. The molecule has 0 atom stereocenters. The molecule has 0 spiro atoms. The highest BCUT2D eigenvalue weighted by molar-refractivity contribution is 7.13. The van der Waals surface area contributed by atoms with Crippen LogP contribution >= 0.6 is 11.3 Å².